The third kappa shape index (κ3) is 2.29. The van der Waals surface area contributed by atoms with Crippen LogP contribution in [-0.2, 0) is 0 Å². The summed E-state index contributed by atoms with van der Waals surface area (Å²) >= 11 is 0. The molecule has 1 aromatic heterocycles. The average Bonchev–Trinajstić information content (AvgIpc) is 2.47. The first-order valence-electron chi connectivity index (χ1n) is 6.32. The Bertz CT molecular complexity index is 830. The number of hydrogen-bond acceptors (Lipinski definition) is 4. The fourth-order valence-corrected chi connectivity index (χ4v) is 2.28. The van der Waals surface area contributed by atoms with Crippen molar-refractivity contribution in [1.29, 1.82) is 0 Å². The van der Waals surface area contributed by atoms with Gasteiger partial charge in [0.1, 0.15) is 17.2 Å². The molecular formula is C16H13NO4. The van der Waals surface area contributed by atoms with Crippen LogP contribution in [0.1, 0.15) is 0 Å². The van der Waals surface area contributed by atoms with Crippen molar-refractivity contribution in [2.75, 3.05) is 7.11 Å². The highest BCUT2D eigenvalue weighted by Gasteiger charge is 2.14. The van der Waals surface area contributed by atoms with E-state index in [1.165, 1.54) is 19.4 Å². The summed E-state index contributed by atoms with van der Waals surface area (Å²) in [4.78, 5) is 0. The molecule has 2 N–H and O–H groups in total. The number of hydrogen-bond donors (Lipinski definition) is 2. The van der Waals surface area contributed by atoms with Gasteiger partial charge in [-0.15, -0.1) is 0 Å². The number of nitrogens with zero attached hydrogens (tertiary/aromatic N) is 1. The molecule has 1 heterocycles. The van der Waals surface area contributed by atoms with Crippen molar-refractivity contribution in [2.24, 2.45) is 0 Å². The summed E-state index contributed by atoms with van der Waals surface area (Å²) in [7, 11) is 1.47. The predicted octanol–water partition coefficient (Wildman–Crippen LogP) is 2.56. The van der Waals surface area contributed by atoms with Crippen LogP contribution in [0.25, 0.3) is 22.0 Å². The second kappa shape index (κ2) is 4.86. The Morgan fingerprint density at radius 3 is 2.57 bits per heavy atom. The minimum absolute atomic E-state index is 0.0315. The van der Waals surface area contributed by atoms with Gasteiger partial charge in [-0.25, -0.2) is 0 Å². The minimum Gasteiger partial charge on any atom is -0.618 e. The van der Waals surface area contributed by atoms with E-state index in [0.717, 1.165) is 0 Å². The van der Waals surface area contributed by atoms with Crippen molar-refractivity contribution in [3.05, 3.63) is 53.9 Å². The van der Waals surface area contributed by atoms with Crippen molar-refractivity contribution >= 4 is 10.9 Å². The lowest BCUT2D eigenvalue weighted by Gasteiger charge is -2.09. The lowest BCUT2D eigenvalue weighted by molar-refractivity contribution is -0.576. The highest BCUT2D eigenvalue weighted by Crippen LogP contribution is 2.32. The number of rotatable bonds is 2. The van der Waals surface area contributed by atoms with Gasteiger partial charge in [-0.1, -0.05) is 12.1 Å². The van der Waals surface area contributed by atoms with Gasteiger partial charge in [-0.05, 0) is 23.8 Å². The van der Waals surface area contributed by atoms with Crippen molar-refractivity contribution in [3.63, 3.8) is 0 Å². The first kappa shape index (κ1) is 13.1. The summed E-state index contributed by atoms with van der Waals surface area (Å²) in [5, 5.41) is 32.2. The molecule has 0 amide bonds. The van der Waals surface area contributed by atoms with Crippen LogP contribution in [0, 0.1) is 5.21 Å². The Labute approximate surface area is 120 Å². The smallest absolute Gasteiger partial charge is 0.231 e. The SMILES string of the molecule is COc1cc(O)c2cc(-c3cccc(O)c3)c[n+]([O-])c2c1. The molecule has 0 aliphatic rings. The van der Waals surface area contributed by atoms with E-state index >= 15 is 0 Å². The summed E-state index contributed by atoms with van der Waals surface area (Å²) < 4.78 is 5.72. The monoisotopic (exact) mass is 283 g/mol. The third-order valence-electron chi connectivity index (χ3n) is 3.32. The topological polar surface area (TPSA) is 76.6 Å². The zero-order chi connectivity index (χ0) is 15.0. The van der Waals surface area contributed by atoms with Crippen LogP contribution in [0.5, 0.6) is 17.2 Å². The molecule has 3 rings (SSSR count). The van der Waals surface area contributed by atoms with E-state index in [9.17, 15) is 15.4 Å². The predicted molar refractivity (Wildman–Crippen MR) is 78.2 cm³/mol. The molecule has 0 atom stereocenters. The Hall–Kier alpha value is -2.95. The number of fused-ring (bicyclic) bond motifs is 1. The van der Waals surface area contributed by atoms with Gasteiger partial charge in [0, 0.05) is 11.6 Å². The fourth-order valence-electron chi connectivity index (χ4n) is 2.28. The molecule has 0 bridgehead atoms. The summed E-state index contributed by atoms with van der Waals surface area (Å²) in [6.07, 6.45) is 1.40. The number of methoxy groups -OCH3 is 1. The Kier molecular flexibility index (Phi) is 3.02. The van der Waals surface area contributed by atoms with Gasteiger partial charge in [-0.3, -0.25) is 0 Å². The second-order valence-electron chi connectivity index (χ2n) is 4.68. The number of benzene rings is 2. The van der Waals surface area contributed by atoms with E-state index in [1.54, 1.807) is 36.4 Å². The molecular weight excluding hydrogens is 270 g/mol. The zero-order valence-electron chi connectivity index (χ0n) is 11.3. The second-order valence-corrected chi connectivity index (χ2v) is 4.68. The first-order chi connectivity index (χ1) is 10.1. The maximum Gasteiger partial charge on any atom is 0.231 e. The van der Waals surface area contributed by atoms with Gasteiger partial charge in [-0.2, -0.15) is 4.73 Å². The summed E-state index contributed by atoms with van der Waals surface area (Å²) in [6.45, 7) is 0. The average molecular weight is 283 g/mol. The molecule has 0 spiro atoms. The molecule has 0 saturated heterocycles. The van der Waals surface area contributed by atoms with Crippen LogP contribution in [-0.4, -0.2) is 17.3 Å². The summed E-state index contributed by atoms with van der Waals surface area (Å²) in [5.41, 5.74) is 1.61. The number of ether oxygens (including phenoxy) is 1. The molecule has 0 fully saturated rings. The molecule has 106 valence electrons. The molecule has 0 aliphatic carbocycles. The largest absolute Gasteiger partial charge is 0.618 e. The molecule has 21 heavy (non-hydrogen) atoms. The number of pyridine rings is 1. The summed E-state index contributed by atoms with van der Waals surface area (Å²) in [6, 6.07) is 11.3. The van der Waals surface area contributed by atoms with E-state index < -0.39 is 0 Å². The van der Waals surface area contributed by atoms with Crippen LogP contribution >= 0.6 is 0 Å². The highest BCUT2D eigenvalue weighted by atomic mass is 16.5. The van der Waals surface area contributed by atoms with Crippen LogP contribution < -0.4 is 9.47 Å². The standard InChI is InChI=1S/C16H13NO4/c1-21-13-7-15-14(16(19)8-13)6-11(9-17(15)20)10-3-2-4-12(18)5-10/h2-9,18-19H,1H3. The van der Waals surface area contributed by atoms with Gasteiger partial charge in [0.05, 0.1) is 18.6 Å². The van der Waals surface area contributed by atoms with Crippen LogP contribution in [0.4, 0.5) is 0 Å². The quantitative estimate of drug-likeness (QED) is 0.560. The molecule has 0 aliphatic heterocycles. The van der Waals surface area contributed by atoms with Crippen LogP contribution in [0.3, 0.4) is 0 Å². The van der Waals surface area contributed by atoms with Gasteiger partial charge >= 0.3 is 0 Å². The maximum absolute atomic E-state index is 12.2. The molecule has 5 heteroatoms. The van der Waals surface area contributed by atoms with Gasteiger partial charge in [0.2, 0.25) is 5.52 Å². The number of phenolic OH excluding ortho intramolecular Hbond substituents is 2. The zero-order valence-corrected chi connectivity index (χ0v) is 11.3. The maximum atomic E-state index is 12.2. The van der Waals surface area contributed by atoms with E-state index in [1.807, 2.05) is 0 Å². The Morgan fingerprint density at radius 1 is 1.05 bits per heavy atom. The Morgan fingerprint density at radius 2 is 1.86 bits per heavy atom. The molecule has 0 unspecified atom stereocenters. The van der Waals surface area contributed by atoms with E-state index in [4.69, 9.17) is 4.74 Å². The van der Waals surface area contributed by atoms with Crippen molar-refractivity contribution in [2.45, 2.75) is 0 Å². The molecule has 5 nitrogen and oxygen atoms in total. The van der Waals surface area contributed by atoms with Crippen molar-refractivity contribution in [3.8, 4) is 28.4 Å². The van der Waals surface area contributed by atoms with Gasteiger partial charge in [0.25, 0.3) is 0 Å². The summed E-state index contributed by atoms with van der Waals surface area (Å²) in [5.74, 6) is 0.495. The third-order valence-corrected chi connectivity index (χ3v) is 3.32. The first-order valence-corrected chi connectivity index (χ1v) is 6.32. The van der Waals surface area contributed by atoms with Crippen molar-refractivity contribution in [1.82, 2.24) is 0 Å². The van der Waals surface area contributed by atoms with Crippen LogP contribution in [0.2, 0.25) is 0 Å². The Balaban J connectivity index is 2.26. The van der Waals surface area contributed by atoms with Crippen molar-refractivity contribution < 1.29 is 19.7 Å². The van der Waals surface area contributed by atoms with Crippen LogP contribution in [0.15, 0.2) is 48.7 Å². The number of aromatic hydroxyl groups is 2. The fraction of sp³-hybridized carbons (Fsp3) is 0.0625. The lowest BCUT2D eigenvalue weighted by Crippen LogP contribution is -2.26. The lowest BCUT2D eigenvalue weighted by atomic mass is 10.0. The van der Waals surface area contributed by atoms with E-state index in [-0.39, 0.29) is 11.5 Å². The molecule has 3 aromatic rings. The number of phenols is 2. The molecule has 2 aromatic carbocycles. The van der Waals surface area contributed by atoms with E-state index in [0.29, 0.717) is 32.5 Å². The van der Waals surface area contributed by atoms with Gasteiger partial charge in [0.15, 0.2) is 6.20 Å². The highest BCUT2D eigenvalue weighted by molar-refractivity contribution is 5.87. The van der Waals surface area contributed by atoms with E-state index in [2.05, 4.69) is 0 Å². The normalized spacial score (nSPS) is 10.7. The number of aromatic nitrogens is 1. The molecule has 0 saturated carbocycles. The molecule has 0 radical (unpaired) electrons. The minimum atomic E-state index is -0.0315. The van der Waals surface area contributed by atoms with Gasteiger partial charge < -0.3 is 20.2 Å².